The number of rotatable bonds is 3. The van der Waals surface area contributed by atoms with E-state index < -0.39 is 0 Å². The molecule has 0 atom stereocenters. The van der Waals surface area contributed by atoms with Gasteiger partial charge in [0, 0.05) is 6.04 Å². The molecular weight excluding hydrogens is 154 g/mol. The largest absolute Gasteiger partial charge is 0.370 e. The van der Waals surface area contributed by atoms with E-state index in [1.54, 1.807) is 0 Å². The van der Waals surface area contributed by atoms with Gasteiger partial charge in [0.05, 0.1) is 6.42 Å². The lowest BCUT2D eigenvalue weighted by Gasteiger charge is -2.17. The highest BCUT2D eigenvalue weighted by molar-refractivity contribution is 5.69. The number of carbonyl (C=O) groups is 1. The highest BCUT2D eigenvalue weighted by Crippen LogP contribution is 2.18. The summed E-state index contributed by atoms with van der Waals surface area (Å²) in [6.07, 6.45) is 0.437. The molecule has 0 saturated heterocycles. The Morgan fingerprint density at radius 1 is 1.42 bits per heavy atom. The van der Waals surface area contributed by atoms with Crippen LogP contribution in [0.15, 0.2) is 0 Å². The summed E-state index contributed by atoms with van der Waals surface area (Å²) in [5.41, 5.74) is 2.61. The van der Waals surface area contributed by atoms with E-state index in [0.717, 1.165) is 0 Å². The number of hydroxylamine groups is 1. The maximum absolute atomic E-state index is 11.1. The van der Waals surface area contributed by atoms with E-state index >= 15 is 0 Å². The molecule has 0 aromatic rings. The Balaban J connectivity index is 3.61. The van der Waals surface area contributed by atoms with E-state index in [4.69, 9.17) is 4.84 Å². The van der Waals surface area contributed by atoms with E-state index in [9.17, 15) is 4.79 Å². The van der Waals surface area contributed by atoms with Crippen LogP contribution in [0.3, 0.4) is 0 Å². The van der Waals surface area contributed by atoms with Crippen LogP contribution in [-0.4, -0.2) is 12.0 Å². The van der Waals surface area contributed by atoms with Crippen LogP contribution in [0.2, 0.25) is 0 Å². The molecule has 0 aromatic carbocycles. The Hall–Kier alpha value is -0.570. The lowest BCUT2D eigenvalue weighted by Crippen LogP contribution is -2.28. The van der Waals surface area contributed by atoms with Crippen molar-refractivity contribution in [3.63, 3.8) is 0 Å². The highest BCUT2D eigenvalue weighted by Gasteiger charge is 2.17. The van der Waals surface area contributed by atoms with Gasteiger partial charge in [-0.2, -0.15) is 5.48 Å². The minimum Gasteiger partial charge on any atom is -0.370 e. The van der Waals surface area contributed by atoms with Gasteiger partial charge in [0.25, 0.3) is 0 Å². The highest BCUT2D eigenvalue weighted by atomic mass is 16.7. The van der Waals surface area contributed by atoms with Crippen LogP contribution < -0.4 is 5.48 Å². The van der Waals surface area contributed by atoms with Gasteiger partial charge in [-0.25, -0.2) is 0 Å². The molecule has 0 heterocycles. The molecule has 3 heteroatoms. The predicted molar refractivity (Wildman–Crippen MR) is 48.4 cm³/mol. The van der Waals surface area contributed by atoms with Crippen molar-refractivity contribution in [2.75, 3.05) is 0 Å². The summed E-state index contributed by atoms with van der Waals surface area (Å²) in [5, 5.41) is 0. The summed E-state index contributed by atoms with van der Waals surface area (Å²) in [6, 6.07) is 0.175. The molecule has 0 radical (unpaired) electrons. The van der Waals surface area contributed by atoms with Gasteiger partial charge >= 0.3 is 5.97 Å². The average Bonchev–Trinajstić information content (AvgIpc) is 1.79. The van der Waals surface area contributed by atoms with Crippen LogP contribution in [0, 0.1) is 5.41 Å². The molecule has 0 aliphatic rings. The Labute approximate surface area is 74.4 Å². The van der Waals surface area contributed by atoms with Crippen molar-refractivity contribution in [1.29, 1.82) is 0 Å². The van der Waals surface area contributed by atoms with Crippen molar-refractivity contribution in [3.05, 3.63) is 0 Å². The second-order valence-electron chi connectivity index (χ2n) is 4.48. The van der Waals surface area contributed by atoms with Crippen molar-refractivity contribution in [2.24, 2.45) is 5.41 Å². The summed E-state index contributed by atoms with van der Waals surface area (Å²) in [7, 11) is 0. The van der Waals surface area contributed by atoms with Gasteiger partial charge in [0.1, 0.15) is 0 Å². The molecular formula is C9H19NO2. The first-order valence-electron chi connectivity index (χ1n) is 4.26. The SMILES string of the molecule is CC(C)NOC(=O)CC(C)(C)C. The smallest absolute Gasteiger partial charge is 0.325 e. The van der Waals surface area contributed by atoms with Crippen molar-refractivity contribution >= 4 is 5.97 Å². The summed E-state index contributed by atoms with van der Waals surface area (Å²) >= 11 is 0. The first-order chi connectivity index (χ1) is 5.31. The normalized spacial score (nSPS) is 11.8. The second-order valence-corrected chi connectivity index (χ2v) is 4.48. The van der Waals surface area contributed by atoms with Crippen LogP contribution in [0.5, 0.6) is 0 Å². The van der Waals surface area contributed by atoms with Crippen LogP contribution in [0.1, 0.15) is 41.0 Å². The Morgan fingerprint density at radius 3 is 2.25 bits per heavy atom. The Bertz CT molecular complexity index is 147. The van der Waals surface area contributed by atoms with Crippen molar-refractivity contribution in [1.82, 2.24) is 5.48 Å². The molecule has 0 bridgehead atoms. The number of hydrogen-bond donors (Lipinski definition) is 1. The summed E-state index contributed by atoms with van der Waals surface area (Å²) in [5.74, 6) is -0.198. The zero-order valence-electron chi connectivity index (χ0n) is 8.60. The molecule has 0 unspecified atom stereocenters. The molecule has 72 valence electrons. The van der Waals surface area contributed by atoms with Gasteiger partial charge < -0.3 is 4.84 Å². The third-order valence-electron chi connectivity index (χ3n) is 1.08. The third-order valence-corrected chi connectivity index (χ3v) is 1.08. The number of hydrogen-bond acceptors (Lipinski definition) is 3. The van der Waals surface area contributed by atoms with Crippen molar-refractivity contribution < 1.29 is 9.63 Å². The molecule has 0 amide bonds. The Morgan fingerprint density at radius 2 is 1.92 bits per heavy atom. The summed E-state index contributed by atoms with van der Waals surface area (Å²) in [6.45, 7) is 9.85. The van der Waals surface area contributed by atoms with E-state index in [-0.39, 0.29) is 17.4 Å². The summed E-state index contributed by atoms with van der Waals surface area (Å²) in [4.78, 5) is 15.9. The van der Waals surface area contributed by atoms with Gasteiger partial charge in [-0.1, -0.05) is 20.8 Å². The maximum atomic E-state index is 11.1. The lowest BCUT2D eigenvalue weighted by atomic mass is 9.93. The van der Waals surface area contributed by atoms with Crippen molar-refractivity contribution in [2.45, 2.75) is 47.1 Å². The van der Waals surface area contributed by atoms with Gasteiger partial charge in [0.2, 0.25) is 0 Å². The van der Waals surface area contributed by atoms with Crippen LogP contribution >= 0.6 is 0 Å². The minimum absolute atomic E-state index is 0.00422. The molecule has 1 N–H and O–H groups in total. The molecule has 0 aromatic heterocycles. The molecule has 0 aliphatic heterocycles. The zero-order chi connectivity index (χ0) is 9.78. The van der Waals surface area contributed by atoms with Gasteiger partial charge in [-0.3, -0.25) is 4.79 Å². The monoisotopic (exact) mass is 173 g/mol. The predicted octanol–water partition coefficient (Wildman–Crippen LogP) is 1.88. The second kappa shape index (κ2) is 4.45. The minimum atomic E-state index is -0.198. The molecule has 0 rings (SSSR count). The third kappa shape index (κ3) is 7.54. The van der Waals surface area contributed by atoms with E-state index in [1.807, 2.05) is 34.6 Å². The lowest BCUT2D eigenvalue weighted by molar-refractivity contribution is -0.154. The molecule has 3 nitrogen and oxygen atoms in total. The molecule has 0 fully saturated rings. The van der Waals surface area contributed by atoms with Crippen molar-refractivity contribution in [3.8, 4) is 0 Å². The first kappa shape index (κ1) is 11.4. The van der Waals surface area contributed by atoms with E-state index in [2.05, 4.69) is 5.48 Å². The molecule has 0 saturated carbocycles. The van der Waals surface area contributed by atoms with Crippen LogP contribution in [0.25, 0.3) is 0 Å². The number of carbonyl (C=O) groups excluding carboxylic acids is 1. The Kier molecular flexibility index (Phi) is 4.24. The topological polar surface area (TPSA) is 38.3 Å². The van der Waals surface area contributed by atoms with Crippen LogP contribution in [0.4, 0.5) is 0 Å². The van der Waals surface area contributed by atoms with Crippen LogP contribution in [-0.2, 0) is 9.63 Å². The summed E-state index contributed by atoms with van der Waals surface area (Å²) < 4.78 is 0. The van der Waals surface area contributed by atoms with E-state index in [0.29, 0.717) is 6.42 Å². The van der Waals surface area contributed by atoms with Gasteiger partial charge in [0.15, 0.2) is 0 Å². The van der Waals surface area contributed by atoms with E-state index in [1.165, 1.54) is 0 Å². The molecule has 12 heavy (non-hydrogen) atoms. The molecule has 0 spiro atoms. The fourth-order valence-electron chi connectivity index (χ4n) is 0.653. The zero-order valence-corrected chi connectivity index (χ0v) is 8.60. The number of nitrogens with one attached hydrogen (secondary N) is 1. The maximum Gasteiger partial charge on any atom is 0.325 e. The van der Waals surface area contributed by atoms with Gasteiger partial charge in [-0.05, 0) is 19.3 Å². The fraction of sp³-hybridized carbons (Fsp3) is 0.889. The average molecular weight is 173 g/mol. The van der Waals surface area contributed by atoms with Gasteiger partial charge in [-0.15, -0.1) is 0 Å². The fourth-order valence-corrected chi connectivity index (χ4v) is 0.653. The quantitative estimate of drug-likeness (QED) is 0.662. The first-order valence-corrected chi connectivity index (χ1v) is 4.26. The standard InChI is InChI=1S/C9H19NO2/c1-7(2)10-12-8(11)6-9(3,4)5/h7,10H,6H2,1-5H3. The molecule has 0 aliphatic carbocycles.